The summed E-state index contributed by atoms with van der Waals surface area (Å²) in [5.74, 6) is -0.209. The second-order valence-corrected chi connectivity index (χ2v) is 3.64. The molecule has 17 heavy (non-hydrogen) atoms. The topological polar surface area (TPSA) is 81.8 Å². The van der Waals surface area contributed by atoms with Crippen molar-refractivity contribution in [3.05, 3.63) is 22.9 Å². The Bertz CT molecular complexity index is 613. The zero-order chi connectivity index (χ0) is 12.4. The quantitative estimate of drug-likeness (QED) is 0.760. The van der Waals surface area contributed by atoms with Gasteiger partial charge in [0, 0.05) is 13.6 Å². The van der Waals surface area contributed by atoms with Gasteiger partial charge in [-0.1, -0.05) is 0 Å². The molecule has 7 nitrogen and oxygen atoms in total. The van der Waals surface area contributed by atoms with E-state index in [2.05, 4.69) is 15.4 Å². The van der Waals surface area contributed by atoms with Crippen LogP contribution in [0, 0.1) is 0 Å². The molecule has 90 valence electrons. The summed E-state index contributed by atoms with van der Waals surface area (Å²) >= 11 is 0. The summed E-state index contributed by atoms with van der Waals surface area (Å²) in [5, 5.41) is 7.00. The van der Waals surface area contributed by atoms with E-state index in [1.807, 2.05) is 6.92 Å². The number of fused-ring (bicyclic) bond motifs is 1. The van der Waals surface area contributed by atoms with Gasteiger partial charge in [-0.15, -0.1) is 0 Å². The van der Waals surface area contributed by atoms with Gasteiger partial charge in [0.2, 0.25) is 5.91 Å². The number of nitrogens with one attached hydrogen (secondary N) is 1. The minimum Gasteiger partial charge on any atom is -0.355 e. The van der Waals surface area contributed by atoms with Crippen molar-refractivity contribution in [1.29, 1.82) is 0 Å². The van der Waals surface area contributed by atoms with Crippen molar-refractivity contribution in [2.45, 2.75) is 13.5 Å². The van der Waals surface area contributed by atoms with E-state index in [0.29, 0.717) is 17.6 Å². The van der Waals surface area contributed by atoms with Gasteiger partial charge in [-0.3, -0.25) is 18.8 Å². The Kier molecular flexibility index (Phi) is 2.90. The highest BCUT2D eigenvalue weighted by molar-refractivity contribution is 5.77. The summed E-state index contributed by atoms with van der Waals surface area (Å²) in [5.41, 5.74) is 0.261. The molecule has 0 aromatic carbocycles. The van der Waals surface area contributed by atoms with E-state index in [9.17, 15) is 9.59 Å². The number of aryl methyl sites for hydroxylation is 1. The Morgan fingerprint density at radius 1 is 1.53 bits per heavy atom. The highest BCUT2D eigenvalue weighted by Crippen LogP contribution is 2.02. The van der Waals surface area contributed by atoms with E-state index < -0.39 is 0 Å². The minimum absolute atomic E-state index is 0.0233. The van der Waals surface area contributed by atoms with Crippen molar-refractivity contribution in [3.8, 4) is 0 Å². The third-order valence-corrected chi connectivity index (χ3v) is 2.41. The maximum absolute atomic E-state index is 12.0. The molecule has 0 aliphatic rings. The van der Waals surface area contributed by atoms with Gasteiger partial charge in [-0.25, -0.2) is 4.98 Å². The maximum atomic E-state index is 12.0. The van der Waals surface area contributed by atoms with E-state index in [1.165, 1.54) is 21.8 Å². The number of carbonyl (C=O) groups excluding carboxylic acids is 1. The fourth-order valence-corrected chi connectivity index (χ4v) is 1.59. The predicted molar refractivity (Wildman–Crippen MR) is 61.5 cm³/mol. The van der Waals surface area contributed by atoms with Gasteiger partial charge in [-0.2, -0.15) is 5.10 Å². The molecule has 1 amide bonds. The van der Waals surface area contributed by atoms with Gasteiger partial charge in [0.15, 0.2) is 5.65 Å². The molecule has 0 aliphatic carbocycles. The van der Waals surface area contributed by atoms with Crippen LogP contribution in [0.4, 0.5) is 0 Å². The van der Waals surface area contributed by atoms with Crippen LogP contribution < -0.4 is 10.9 Å². The van der Waals surface area contributed by atoms with E-state index in [0.717, 1.165) is 0 Å². The molecule has 0 spiro atoms. The lowest BCUT2D eigenvalue weighted by Crippen LogP contribution is -2.32. The number of nitrogens with zero attached hydrogens (tertiary/aromatic N) is 4. The first-order chi connectivity index (χ1) is 8.13. The zero-order valence-corrected chi connectivity index (χ0v) is 9.67. The summed E-state index contributed by atoms with van der Waals surface area (Å²) in [6.45, 7) is 2.34. The van der Waals surface area contributed by atoms with E-state index in [4.69, 9.17) is 0 Å². The van der Waals surface area contributed by atoms with Crippen molar-refractivity contribution in [2.24, 2.45) is 7.05 Å². The molecule has 0 saturated carbocycles. The zero-order valence-electron chi connectivity index (χ0n) is 9.67. The Hall–Kier alpha value is -2.18. The lowest BCUT2D eigenvalue weighted by atomic mass is 10.4. The molecule has 0 atom stereocenters. The summed E-state index contributed by atoms with van der Waals surface area (Å²) < 4.78 is 2.79. The maximum Gasteiger partial charge on any atom is 0.264 e. The summed E-state index contributed by atoms with van der Waals surface area (Å²) in [6, 6.07) is 0. The second-order valence-electron chi connectivity index (χ2n) is 3.64. The number of likely N-dealkylation sites (N-methyl/N-ethyl adjacent to an activating group) is 1. The van der Waals surface area contributed by atoms with Crippen molar-refractivity contribution in [2.75, 3.05) is 6.54 Å². The third kappa shape index (κ3) is 2.03. The lowest BCUT2D eigenvalue weighted by Gasteiger charge is -2.05. The molecular weight excluding hydrogens is 222 g/mol. The van der Waals surface area contributed by atoms with Crippen LogP contribution in [0.3, 0.4) is 0 Å². The molecule has 0 saturated heterocycles. The molecule has 0 fully saturated rings. The first-order valence-corrected chi connectivity index (χ1v) is 5.27. The van der Waals surface area contributed by atoms with Crippen LogP contribution in [0.1, 0.15) is 6.92 Å². The Morgan fingerprint density at radius 3 is 3.00 bits per heavy atom. The Morgan fingerprint density at radius 2 is 2.29 bits per heavy atom. The average molecular weight is 235 g/mol. The predicted octanol–water partition coefficient (Wildman–Crippen LogP) is -0.734. The van der Waals surface area contributed by atoms with Gasteiger partial charge in [0.25, 0.3) is 5.56 Å². The minimum atomic E-state index is -0.255. The summed E-state index contributed by atoms with van der Waals surface area (Å²) in [6.07, 6.45) is 2.82. The first-order valence-electron chi connectivity index (χ1n) is 5.27. The normalized spacial score (nSPS) is 10.7. The highest BCUT2D eigenvalue weighted by Gasteiger charge is 2.09. The van der Waals surface area contributed by atoms with E-state index >= 15 is 0 Å². The molecule has 0 unspecified atom stereocenters. The number of carbonyl (C=O) groups is 1. The fourth-order valence-electron chi connectivity index (χ4n) is 1.59. The van der Waals surface area contributed by atoms with Crippen molar-refractivity contribution >= 4 is 16.9 Å². The van der Waals surface area contributed by atoms with Crippen molar-refractivity contribution in [3.63, 3.8) is 0 Å². The van der Waals surface area contributed by atoms with Gasteiger partial charge < -0.3 is 5.32 Å². The molecule has 0 bridgehead atoms. The molecule has 0 aliphatic heterocycles. The van der Waals surface area contributed by atoms with Crippen molar-refractivity contribution < 1.29 is 4.79 Å². The monoisotopic (exact) mass is 235 g/mol. The van der Waals surface area contributed by atoms with E-state index in [1.54, 1.807) is 7.05 Å². The average Bonchev–Trinajstić information content (AvgIpc) is 2.66. The Labute approximate surface area is 97.1 Å². The molecule has 2 aromatic heterocycles. The molecule has 1 N–H and O–H groups in total. The SMILES string of the molecule is CCNC(=O)Cn1cnc2c(cnn2C)c1=O. The van der Waals surface area contributed by atoms with Gasteiger partial charge in [0.05, 0.1) is 6.20 Å². The number of aromatic nitrogens is 4. The van der Waals surface area contributed by atoms with E-state index in [-0.39, 0.29) is 18.0 Å². The van der Waals surface area contributed by atoms with Gasteiger partial charge >= 0.3 is 0 Å². The number of amides is 1. The molecule has 2 heterocycles. The largest absolute Gasteiger partial charge is 0.355 e. The number of rotatable bonds is 3. The highest BCUT2D eigenvalue weighted by atomic mass is 16.2. The molecule has 7 heteroatoms. The van der Waals surface area contributed by atoms with Crippen LogP contribution in [0.15, 0.2) is 17.3 Å². The summed E-state index contributed by atoms with van der Waals surface area (Å²) in [7, 11) is 1.71. The molecule has 2 rings (SSSR count). The summed E-state index contributed by atoms with van der Waals surface area (Å²) in [4.78, 5) is 27.5. The van der Waals surface area contributed by atoms with Crippen LogP contribution in [0.25, 0.3) is 11.0 Å². The van der Waals surface area contributed by atoms with Crippen molar-refractivity contribution in [1.82, 2.24) is 24.6 Å². The molecule has 0 radical (unpaired) electrons. The van der Waals surface area contributed by atoms with Crippen LogP contribution in [0.2, 0.25) is 0 Å². The van der Waals surface area contributed by atoms with Gasteiger partial charge in [-0.05, 0) is 6.92 Å². The third-order valence-electron chi connectivity index (χ3n) is 2.41. The fraction of sp³-hybridized carbons (Fsp3) is 0.400. The van der Waals surface area contributed by atoms with Gasteiger partial charge in [0.1, 0.15) is 18.3 Å². The van der Waals surface area contributed by atoms with Crippen LogP contribution in [-0.4, -0.2) is 31.8 Å². The van der Waals surface area contributed by atoms with Crippen LogP contribution >= 0.6 is 0 Å². The standard InChI is InChI=1S/C10H13N5O2/c1-3-11-8(16)5-15-6-12-9-7(10(15)17)4-13-14(9)2/h4,6H,3,5H2,1-2H3,(H,11,16). The van der Waals surface area contributed by atoms with Crippen LogP contribution in [0.5, 0.6) is 0 Å². The van der Waals surface area contributed by atoms with Crippen LogP contribution in [-0.2, 0) is 18.4 Å². The second kappa shape index (κ2) is 4.36. The Balaban J connectivity index is 2.40. The first kappa shape index (κ1) is 11.3. The smallest absolute Gasteiger partial charge is 0.264 e. The lowest BCUT2D eigenvalue weighted by molar-refractivity contribution is -0.121. The number of hydrogen-bond acceptors (Lipinski definition) is 4. The molecular formula is C10H13N5O2. The number of hydrogen-bond donors (Lipinski definition) is 1. The molecule has 2 aromatic rings.